The molecule has 0 bridgehead atoms. The van der Waals surface area contributed by atoms with E-state index in [1.54, 1.807) is 12.4 Å². The molecule has 0 fully saturated rings. The smallest absolute Gasteiger partial charge is 0.0267 e. The molecule has 0 aliphatic carbocycles. The van der Waals surface area contributed by atoms with E-state index in [9.17, 15) is 0 Å². The van der Waals surface area contributed by atoms with Gasteiger partial charge in [0.05, 0.1) is 0 Å². The lowest BCUT2D eigenvalue weighted by Crippen LogP contribution is -1.59. The highest BCUT2D eigenvalue weighted by molar-refractivity contribution is 4.88. The molecular formula is C10H19NO. The first-order valence-corrected chi connectivity index (χ1v) is 4.26. The predicted octanol–water partition coefficient (Wildman–Crippen LogP) is 2.45. The molecule has 1 aromatic heterocycles. The average molecular weight is 169 g/mol. The number of aromatic nitrogens is 1. The van der Waals surface area contributed by atoms with Crippen molar-refractivity contribution >= 4 is 0 Å². The zero-order valence-electron chi connectivity index (χ0n) is 7.96. The number of pyridine rings is 1. The summed E-state index contributed by atoms with van der Waals surface area (Å²) < 4.78 is 0. The lowest BCUT2D eigenvalue weighted by molar-refractivity contribution is 0.772. The van der Waals surface area contributed by atoms with Crippen LogP contribution in [-0.2, 0) is 0 Å². The van der Waals surface area contributed by atoms with Crippen LogP contribution in [0.5, 0.6) is 0 Å². The van der Waals surface area contributed by atoms with Crippen molar-refractivity contribution in [3.63, 3.8) is 0 Å². The van der Waals surface area contributed by atoms with Crippen molar-refractivity contribution in [2.75, 3.05) is 0 Å². The molecule has 2 heteroatoms. The van der Waals surface area contributed by atoms with Crippen LogP contribution in [0.15, 0.2) is 30.6 Å². The summed E-state index contributed by atoms with van der Waals surface area (Å²) in [6.07, 6.45) is 7.58. The van der Waals surface area contributed by atoms with Crippen LogP contribution in [0, 0.1) is 0 Å². The van der Waals surface area contributed by atoms with Gasteiger partial charge in [0.25, 0.3) is 0 Å². The lowest BCUT2D eigenvalue weighted by Gasteiger charge is -1.79. The zero-order valence-corrected chi connectivity index (χ0v) is 7.96. The van der Waals surface area contributed by atoms with Crippen LogP contribution in [-0.4, -0.2) is 10.5 Å². The Balaban J connectivity index is 0. The van der Waals surface area contributed by atoms with Crippen LogP contribution < -0.4 is 0 Å². The topological polar surface area (TPSA) is 44.4 Å². The molecule has 0 radical (unpaired) electrons. The fourth-order valence-electron chi connectivity index (χ4n) is 0.666. The molecule has 0 saturated heterocycles. The van der Waals surface area contributed by atoms with Crippen molar-refractivity contribution in [2.45, 2.75) is 33.1 Å². The molecule has 0 saturated carbocycles. The number of hydrogen-bond donors (Lipinski definition) is 0. The first-order valence-electron chi connectivity index (χ1n) is 4.26. The molecule has 0 atom stereocenters. The third-order valence-corrected chi connectivity index (χ3v) is 1.27. The molecule has 2 N–H and O–H groups in total. The van der Waals surface area contributed by atoms with Gasteiger partial charge in [-0.25, -0.2) is 0 Å². The van der Waals surface area contributed by atoms with Crippen molar-refractivity contribution in [3.8, 4) is 0 Å². The van der Waals surface area contributed by atoms with Crippen molar-refractivity contribution in [1.82, 2.24) is 4.98 Å². The third-order valence-electron chi connectivity index (χ3n) is 1.27. The number of nitrogens with zero attached hydrogens (tertiary/aromatic N) is 1. The largest absolute Gasteiger partial charge is 0.412 e. The first kappa shape index (κ1) is 13.7. The van der Waals surface area contributed by atoms with E-state index in [4.69, 9.17) is 0 Å². The summed E-state index contributed by atoms with van der Waals surface area (Å²) in [4.78, 5) is 3.78. The fraction of sp³-hybridized carbons (Fsp3) is 0.500. The maximum absolute atomic E-state index is 3.78. The van der Waals surface area contributed by atoms with Gasteiger partial charge in [0.15, 0.2) is 0 Å². The molecule has 1 aromatic rings. The van der Waals surface area contributed by atoms with Crippen molar-refractivity contribution in [3.05, 3.63) is 30.6 Å². The zero-order chi connectivity index (χ0) is 8.36. The molecule has 0 aromatic carbocycles. The van der Waals surface area contributed by atoms with E-state index in [2.05, 4.69) is 18.8 Å². The Hall–Kier alpha value is -0.890. The number of unbranched alkanes of at least 4 members (excludes halogenated alkanes) is 2. The summed E-state index contributed by atoms with van der Waals surface area (Å²) in [5, 5.41) is 0. The van der Waals surface area contributed by atoms with Gasteiger partial charge in [-0.1, -0.05) is 39.2 Å². The van der Waals surface area contributed by atoms with Gasteiger partial charge in [0.2, 0.25) is 0 Å². The molecule has 0 amide bonds. The lowest BCUT2D eigenvalue weighted by atomic mass is 10.3. The molecule has 1 heterocycles. The summed E-state index contributed by atoms with van der Waals surface area (Å²) in [5.41, 5.74) is 0. The van der Waals surface area contributed by atoms with Crippen molar-refractivity contribution in [1.29, 1.82) is 0 Å². The summed E-state index contributed by atoms with van der Waals surface area (Å²) in [6.45, 7) is 4.42. The second kappa shape index (κ2) is 12.8. The van der Waals surface area contributed by atoms with E-state index in [1.165, 1.54) is 19.3 Å². The van der Waals surface area contributed by atoms with Gasteiger partial charge in [-0.15, -0.1) is 0 Å². The van der Waals surface area contributed by atoms with Crippen LogP contribution >= 0.6 is 0 Å². The molecule has 1 rings (SSSR count). The summed E-state index contributed by atoms with van der Waals surface area (Å²) in [7, 11) is 0. The Morgan fingerprint density at radius 1 is 0.917 bits per heavy atom. The highest BCUT2D eigenvalue weighted by atomic mass is 16.0. The SMILES string of the molecule is CCCCC.O.c1ccncc1. The second-order valence-corrected chi connectivity index (χ2v) is 2.38. The molecule has 0 unspecified atom stereocenters. The Morgan fingerprint density at radius 3 is 1.50 bits per heavy atom. The van der Waals surface area contributed by atoms with Crippen LogP contribution in [0.3, 0.4) is 0 Å². The monoisotopic (exact) mass is 169 g/mol. The Labute approximate surface area is 75.0 Å². The minimum absolute atomic E-state index is 0. The van der Waals surface area contributed by atoms with Crippen LogP contribution in [0.1, 0.15) is 33.1 Å². The maximum Gasteiger partial charge on any atom is 0.0267 e. The number of rotatable bonds is 2. The third kappa shape index (κ3) is 11.9. The van der Waals surface area contributed by atoms with Gasteiger partial charge in [0.1, 0.15) is 0 Å². The highest BCUT2D eigenvalue weighted by Crippen LogP contribution is 1.88. The normalized spacial score (nSPS) is 7.50. The van der Waals surface area contributed by atoms with Crippen molar-refractivity contribution < 1.29 is 5.48 Å². The Kier molecular flexibility index (Phi) is 14.5. The number of hydrogen-bond acceptors (Lipinski definition) is 1. The predicted molar refractivity (Wildman–Crippen MR) is 53.0 cm³/mol. The van der Waals surface area contributed by atoms with Crippen molar-refractivity contribution in [2.24, 2.45) is 0 Å². The Bertz CT molecular complexity index is 113. The summed E-state index contributed by atoms with van der Waals surface area (Å²) in [6, 6.07) is 5.72. The average Bonchev–Trinajstić information content (AvgIpc) is 2.10. The minimum Gasteiger partial charge on any atom is -0.412 e. The van der Waals surface area contributed by atoms with E-state index in [0.717, 1.165) is 0 Å². The summed E-state index contributed by atoms with van der Waals surface area (Å²) >= 11 is 0. The second-order valence-electron chi connectivity index (χ2n) is 2.38. The van der Waals surface area contributed by atoms with E-state index >= 15 is 0 Å². The van der Waals surface area contributed by atoms with Crippen LogP contribution in [0.25, 0.3) is 0 Å². The first-order chi connectivity index (χ1) is 5.41. The standard InChI is InChI=1S/C5H5N.C5H12.H2O/c1-2-4-6-5-3-1;1-3-5-4-2;/h1-5H;3-5H2,1-2H3;1H2. The Morgan fingerprint density at radius 2 is 1.42 bits per heavy atom. The van der Waals surface area contributed by atoms with Crippen LogP contribution in [0.4, 0.5) is 0 Å². The summed E-state index contributed by atoms with van der Waals surface area (Å²) in [5.74, 6) is 0. The molecule has 12 heavy (non-hydrogen) atoms. The van der Waals surface area contributed by atoms with Gasteiger partial charge in [-0.05, 0) is 12.1 Å². The minimum atomic E-state index is 0. The molecule has 0 spiro atoms. The highest BCUT2D eigenvalue weighted by Gasteiger charge is 1.68. The molecule has 0 aliphatic rings. The van der Waals surface area contributed by atoms with Gasteiger partial charge in [0, 0.05) is 12.4 Å². The van der Waals surface area contributed by atoms with E-state index < -0.39 is 0 Å². The van der Waals surface area contributed by atoms with E-state index in [1.807, 2.05) is 18.2 Å². The molecule has 2 nitrogen and oxygen atoms in total. The molecule has 70 valence electrons. The fourth-order valence-corrected chi connectivity index (χ4v) is 0.666. The van der Waals surface area contributed by atoms with Gasteiger partial charge >= 0.3 is 0 Å². The van der Waals surface area contributed by atoms with Gasteiger partial charge in [-0.2, -0.15) is 0 Å². The molecular weight excluding hydrogens is 150 g/mol. The maximum atomic E-state index is 3.78. The van der Waals surface area contributed by atoms with Gasteiger partial charge < -0.3 is 5.48 Å². The van der Waals surface area contributed by atoms with Gasteiger partial charge in [-0.3, -0.25) is 4.98 Å². The van der Waals surface area contributed by atoms with E-state index in [-0.39, 0.29) is 5.48 Å². The van der Waals surface area contributed by atoms with Crippen LogP contribution in [0.2, 0.25) is 0 Å². The van der Waals surface area contributed by atoms with E-state index in [0.29, 0.717) is 0 Å². The quantitative estimate of drug-likeness (QED) is 0.670. The molecule has 0 aliphatic heterocycles.